The zero-order valence-corrected chi connectivity index (χ0v) is 13.7. The van der Waals surface area contributed by atoms with E-state index < -0.39 is 16.0 Å². The number of nitrogens with zero attached hydrogens (tertiary/aromatic N) is 2. The van der Waals surface area contributed by atoms with Gasteiger partial charge < -0.3 is 5.11 Å². The van der Waals surface area contributed by atoms with Crippen LogP contribution >= 0.6 is 11.3 Å². The van der Waals surface area contributed by atoms with Crippen LogP contribution in [-0.4, -0.2) is 29.7 Å². The average Bonchev–Trinajstić information content (AvgIpc) is 2.93. The fraction of sp³-hybridized carbons (Fsp3) is 0.308. The van der Waals surface area contributed by atoms with E-state index in [4.69, 9.17) is 5.11 Å². The van der Waals surface area contributed by atoms with Crippen LogP contribution in [0.2, 0.25) is 0 Å². The van der Waals surface area contributed by atoms with Gasteiger partial charge in [0.05, 0.1) is 17.0 Å². The van der Waals surface area contributed by atoms with Crippen molar-refractivity contribution < 1.29 is 18.3 Å². The Balaban J connectivity index is 2.22. The number of sulfonamides is 1. The second kappa shape index (κ2) is 6.51. The third-order valence-electron chi connectivity index (χ3n) is 2.95. The van der Waals surface area contributed by atoms with Crippen molar-refractivity contribution in [3.63, 3.8) is 0 Å². The summed E-state index contributed by atoms with van der Waals surface area (Å²) in [6.45, 7) is 3.58. The number of carboxylic acids is 1. The van der Waals surface area contributed by atoms with Crippen molar-refractivity contribution in [2.45, 2.75) is 31.7 Å². The van der Waals surface area contributed by atoms with Crippen molar-refractivity contribution in [3.8, 4) is 0 Å². The molecule has 1 aromatic carbocycles. The highest BCUT2D eigenvalue weighted by Gasteiger charge is 2.19. The molecule has 0 aliphatic heterocycles. The normalized spacial score (nSPS) is 11.5. The molecule has 9 heteroatoms. The van der Waals surface area contributed by atoms with E-state index in [1.54, 1.807) is 6.92 Å². The average molecular weight is 341 g/mol. The number of hydrogen-bond acceptors (Lipinski definition) is 6. The molecule has 0 atom stereocenters. The van der Waals surface area contributed by atoms with Crippen LogP contribution in [0.25, 0.3) is 0 Å². The maximum atomic E-state index is 12.3. The van der Waals surface area contributed by atoms with Gasteiger partial charge in [-0.05, 0) is 31.0 Å². The van der Waals surface area contributed by atoms with E-state index in [0.717, 1.165) is 17.5 Å². The lowest BCUT2D eigenvalue weighted by Gasteiger charge is -2.09. The van der Waals surface area contributed by atoms with Gasteiger partial charge in [-0.25, -0.2) is 17.9 Å². The topological polar surface area (TPSA) is 109 Å². The predicted octanol–water partition coefficient (Wildman–Crippen LogP) is 1.59. The highest BCUT2D eigenvalue weighted by Crippen LogP contribution is 2.18. The van der Waals surface area contributed by atoms with E-state index in [-0.39, 0.29) is 17.0 Å². The lowest BCUT2D eigenvalue weighted by molar-refractivity contribution is 0.0696. The molecule has 0 bridgehead atoms. The highest BCUT2D eigenvalue weighted by atomic mass is 32.2. The fourth-order valence-electron chi connectivity index (χ4n) is 1.76. The van der Waals surface area contributed by atoms with Gasteiger partial charge in [-0.1, -0.05) is 13.0 Å². The molecule has 2 rings (SSSR count). The Morgan fingerprint density at radius 1 is 1.32 bits per heavy atom. The monoisotopic (exact) mass is 341 g/mol. The third-order valence-corrected chi connectivity index (χ3v) is 5.56. The smallest absolute Gasteiger partial charge is 0.335 e. The first-order chi connectivity index (χ1) is 10.3. The van der Waals surface area contributed by atoms with Crippen LogP contribution in [0.4, 0.5) is 0 Å². The molecule has 0 spiro atoms. The van der Waals surface area contributed by atoms with Crippen molar-refractivity contribution in [1.29, 1.82) is 0 Å². The van der Waals surface area contributed by atoms with Crippen molar-refractivity contribution in [1.82, 2.24) is 14.9 Å². The number of aryl methyl sites for hydroxylation is 2. The van der Waals surface area contributed by atoms with Crippen LogP contribution in [0.1, 0.15) is 32.9 Å². The number of nitrogens with one attached hydrogen (secondary N) is 1. The maximum Gasteiger partial charge on any atom is 0.335 e. The first-order valence-corrected chi connectivity index (χ1v) is 8.78. The molecule has 0 unspecified atom stereocenters. The van der Waals surface area contributed by atoms with Gasteiger partial charge in [-0.3, -0.25) is 0 Å². The molecular formula is C13H15N3O4S2. The molecule has 0 fully saturated rings. The molecule has 0 aliphatic rings. The minimum atomic E-state index is -3.82. The summed E-state index contributed by atoms with van der Waals surface area (Å²) >= 11 is 1.34. The summed E-state index contributed by atoms with van der Waals surface area (Å²) in [6.07, 6.45) is 0.740. The van der Waals surface area contributed by atoms with Gasteiger partial charge in [-0.15, -0.1) is 21.5 Å². The Kier molecular flexibility index (Phi) is 4.89. The molecule has 0 amide bonds. The second-order valence-corrected chi connectivity index (χ2v) is 7.44. The van der Waals surface area contributed by atoms with Crippen molar-refractivity contribution in [2.75, 3.05) is 0 Å². The van der Waals surface area contributed by atoms with Crippen LogP contribution in [-0.2, 0) is 23.0 Å². The number of carboxylic acid groups (broad SMARTS) is 1. The van der Waals surface area contributed by atoms with Gasteiger partial charge in [0.25, 0.3) is 0 Å². The Hall–Kier alpha value is -1.84. The molecule has 1 heterocycles. The van der Waals surface area contributed by atoms with Gasteiger partial charge in [0.1, 0.15) is 10.0 Å². The molecule has 0 saturated carbocycles. The zero-order chi connectivity index (χ0) is 16.3. The summed E-state index contributed by atoms with van der Waals surface area (Å²) in [5.41, 5.74) is 0.402. The Morgan fingerprint density at radius 3 is 2.59 bits per heavy atom. The number of aromatic carboxylic acids is 1. The molecule has 118 valence electrons. The van der Waals surface area contributed by atoms with Crippen LogP contribution < -0.4 is 4.72 Å². The number of carbonyl (C=O) groups is 1. The summed E-state index contributed by atoms with van der Waals surface area (Å²) in [5.74, 6) is -1.17. The summed E-state index contributed by atoms with van der Waals surface area (Å²) in [4.78, 5) is 10.9. The standard InChI is InChI=1S/C13H15N3O4S2/c1-3-11-15-16-12(21-11)7-14-22(19,20)10-6-9(13(17)18)5-4-8(10)2/h4-6,14H,3,7H2,1-2H3,(H,17,18). The zero-order valence-electron chi connectivity index (χ0n) is 12.0. The first-order valence-electron chi connectivity index (χ1n) is 6.48. The second-order valence-electron chi connectivity index (χ2n) is 4.55. The molecule has 0 saturated heterocycles. The fourth-order valence-corrected chi connectivity index (χ4v) is 3.83. The number of rotatable bonds is 6. The molecular weight excluding hydrogens is 326 g/mol. The molecule has 0 aliphatic carbocycles. The van der Waals surface area contributed by atoms with E-state index >= 15 is 0 Å². The number of aromatic nitrogens is 2. The molecule has 1 aromatic heterocycles. The first kappa shape index (κ1) is 16.5. The summed E-state index contributed by atoms with van der Waals surface area (Å²) in [6, 6.07) is 3.99. The molecule has 0 radical (unpaired) electrons. The van der Waals surface area contributed by atoms with E-state index in [2.05, 4.69) is 14.9 Å². The van der Waals surface area contributed by atoms with Crippen LogP contribution in [0.15, 0.2) is 23.1 Å². The van der Waals surface area contributed by atoms with E-state index in [0.29, 0.717) is 10.6 Å². The van der Waals surface area contributed by atoms with Crippen molar-refractivity contribution >= 4 is 27.3 Å². The molecule has 2 N–H and O–H groups in total. The van der Waals surface area contributed by atoms with E-state index in [9.17, 15) is 13.2 Å². The van der Waals surface area contributed by atoms with Crippen molar-refractivity contribution in [2.24, 2.45) is 0 Å². The summed E-state index contributed by atoms with van der Waals surface area (Å²) in [7, 11) is -3.82. The third kappa shape index (κ3) is 3.67. The number of hydrogen-bond donors (Lipinski definition) is 2. The largest absolute Gasteiger partial charge is 0.478 e. The minimum Gasteiger partial charge on any atom is -0.478 e. The van der Waals surface area contributed by atoms with Crippen molar-refractivity contribution in [3.05, 3.63) is 39.3 Å². The minimum absolute atomic E-state index is 0.0245. The van der Waals surface area contributed by atoms with Crippen LogP contribution in [0.3, 0.4) is 0 Å². The Morgan fingerprint density at radius 2 is 2.00 bits per heavy atom. The Labute approximate surface area is 132 Å². The highest BCUT2D eigenvalue weighted by molar-refractivity contribution is 7.89. The summed E-state index contributed by atoms with van der Waals surface area (Å²) < 4.78 is 27.1. The van der Waals surface area contributed by atoms with Crippen LogP contribution in [0, 0.1) is 6.92 Å². The van der Waals surface area contributed by atoms with Gasteiger partial charge in [-0.2, -0.15) is 0 Å². The molecule has 2 aromatic rings. The SMILES string of the molecule is CCc1nnc(CNS(=O)(=O)c2cc(C(=O)O)ccc2C)s1. The van der Waals surface area contributed by atoms with Gasteiger partial charge in [0.2, 0.25) is 10.0 Å². The van der Waals surface area contributed by atoms with E-state index in [1.165, 1.54) is 23.5 Å². The maximum absolute atomic E-state index is 12.3. The van der Waals surface area contributed by atoms with Gasteiger partial charge in [0.15, 0.2) is 0 Å². The molecule has 7 nitrogen and oxygen atoms in total. The summed E-state index contributed by atoms with van der Waals surface area (Å²) in [5, 5.41) is 18.2. The van der Waals surface area contributed by atoms with Gasteiger partial charge in [0, 0.05) is 0 Å². The quantitative estimate of drug-likeness (QED) is 0.826. The van der Waals surface area contributed by atoms with E-state index in [1.807, 2.05) is 6.92 Å². The lowest BCUT2D eigenvalue weighted by Crippen LogP contribution is -2.24. The van der Waals surface area contributed by atoms with Gasteiger partial charge >= 0.3 is 5.97 Å². The predicted molar refractivity (Wildman–Crippen MR) is 81.5 cm³/mol. The van der Waals surface area contributed by atoms with Crippen LogP contribution in [0.5, 0.6) is 0 Å². The molecule has 22 heavy (non-hydrogen) atoms. The number of benzene rings is 1. The lowest BCUT2D eigenvalue weighted by atomic mass is 10.1. The Bertz CT molecular complexity index is 799.